The number of halogens is 1. The molecule has 0 aliphatic heterocycles. The average molecular weight is 527 g/mol. The van der Waals surface area contributed by atoms with Crippen LogP contribution in [-0.4, -0.2) is 49.5 Å². The van der Waals surface area contributed by atoms with Gasteiger partial charge in [0.1, 0.15) is 11.6 Å². The van der Waals surface area contributed by atoms with E-state index in [-0.39, 0.29) is 5.28 Å². The van der Waals surface area contributed by atoms with Crippen LogP contribution in [0.1, 0.15) is 18.2 Å². The number of aryl methyl sites for hydroxylation is 2. The Hall–Kier alpha value is -4.57. The molecule has 0 saturated heterocycles. The Morgan fingerprint density at radius 3 is 2.45 bits per heavy atom. The molecular weight excluding hydrogens is 500 g/mol. The van der Waals surface area contributed by atoms with Crippen LogP contribution >= 0.6 is 11.6 Å². The van der Waals surface area contributed by atoms with Crippen molar-refractivity contribution in [3.63, 3.8) is 0 Å². The lowest BCUT2D eigenvalue weighted by Gasteiger charge is -2.25. The minimum atomic E-state index is 0.111. The summed E-state index contributed by atoms with van der Waals surface area (Å²) in [4.78, 5) is 26.0. The van der Waals surface area contributed by atoms with Crippen molar-refractivity contribution >= 4 is 62.9 Å². The zero-order valence-corrected chi connectivity index (χ0v) is 22.5. The first-order chi connectivity index (χ1) is 18.3. The van der Waals surface area contributed by atoms with Gasteiger partial charge in [0.05, 0.1) is 11.2 Å². The van der Waals surface area contributed by atoms with Gasteiger partial charge in [0.25, 0.3) is 0 Å². The molecular formula is C27H27ClN10. The number of nitrogen functional groups attached to an aromatic ring is 1. The molecule has 38 heavy (non-hydrogen) atoms. The molecule has 0 radical (unpaired) electrons. The summed E-state index contributed by atoms with van der Waals surface area (Å²) in [5.41, 5.74) is 12.4. The fourth-order valence-electron chi connectivity index (χ4n) is 4.23. The van der Waals surface area contributed by atoms with Gasteiger partial charge in [0.15, 0.2) is 0 Å². The number of benzene rings is 2. The zero-order chi connectivity index (χ0) is 27.0. The van der Waals surface area contributed by atoms with Gasteiger partial charge in [-0.15, -0.1) is 0 Å². The molecule has 0 bridgehead atoms. The number of nitrogens with two attached hydrogens (primary N) is 1. The molecule has 0 spiro atoms. The third-order valence-corrected chi connectivity index (χ3v) is 6.71. The Morgan fingerprint density at radius 2 is 1.71 bits per heavy atom. The first kappa shape index (κ1) is 25.1. The number of hydrogen-bond acceptors (Lipinski definition) is 9. The highest BCUT2D eigenvalue weighted by atomic mass is 35.5. The SMILES string of the molecule is CN=C(C)c1ccc(N(c2ccnc(Cl)n2)c2nccc(N(C)c3ccc4nn(C)c(C)c4c3)n2)cc1N. The van der Waals surface area contributed by atoms with Gasteiger partial charge in [-0.1, -0.05) is 0 Å². The molecule has 0 aliphatic carbocycles. The molecule has 5 rings (SSSR count). The third kappa shape index (κ3) is 4.61. The predicted octanol–water partition coefficient (Wildman–Crippen LogP) is 5.37. The van der Waals surface area contributed by atoms with Crippen LogP contribution in [0.5, 0.6) is 0 Å². The van der Waals surface area contributed by atoms with Gasteiger partial charge in [0.2, 0.25) is 11.2 Å². The smallest absolute Gasteiger partial charge is 0.237 e. The maximum absolute atomic E-state index is 6.41. The third-order valence-electron chi connectivity index (χ3n) is 6.53. The molecule has 5 aromatic rings. The number of anilines is 6. The molecule has 0 atom stereocenters. The summed E-state index contributed by atoms with van der Waals surface area (Å²) >= 11 is 6.16. The fourth-order valence-corrected chi connectivity index (χ4v) is 4.37. The quantitative estimate of drug-likeness (QED) is 0.178. The Labute approximate surface area is 225 Å². The number of aliphatic imine (C=N–C) groups is 1. The number of rotatable bonds is 6. The van der Waals surface area contributed by atoms with E-state index in [1.54, 1.807) is 30.4 Å². The van der Waals surface area contributed by atoms with Crippen LogP contribution in [-0.2, 0) is 7.05 Å². The van der Waals surface area contributed by atoms with Crippen molar-refractivity contribution in [2.24, 2.45) is 12.0 Å². The lowest BCUT2D eigenvalue weighted by molar-refractivity contribution is 0.751. The lowest BCUT2D eigenvalue weighted by atomic mass is 10.1. The molecule has 0 saturated carbocycles. The molecule has 10 nitrogen and oxygen atoms in total. The van der Waals surface area contributed by atoms with E-state index in [1.165, 1.54) is 0 Å². The molecule has 3 aromatic heterocycles. The monoisotopic (exact) mass is 526 g/mol. The summed E-state index contributed by atoms with van der Waals surface area (Å²) in [6, 6.07) is 15.4. The number of nitrogens with zero attached hydrogens (tertiary/aromatic N) is 9. The van der Waals surface area contributed by atoms with E-state index in [2.05, 4.69) is 38.0 Å². The largest absolute Gasteiger partial charge is 0.398 e. The average Bonchev–Trinajstić information content (AvgIpc) is 3.21. The van der Waals surface area contributed by atoms with Crippen molar-refractivity contribution in [3.05, 3.63) is 77.5 Å². The van der Waals surface area contributed by atoms with Crippen LogP contribution < -0.4 is 15.5 Å². The summed E-state index contributed by atoms with van der Waals surface area (Å²) < 4.78 is 1.88. The standard InChI is InChI=1S/C27H27ClN10/c1-16(30-3)20-8-6-19(15-22(20)29)38(25-11-12-31-26(28)33-25)27-32-13-10-24(34-27)36(4)18-7-9-23-21(14-18)17(2)37(5)35-23/h6-15H,29H2,1-5H3. The Bertz CT molecular complexity index is 1680. The van der Waals surface area contributed by atoms with Crippen molar-refractivity contribution in [1.29, 1.82) is 0 Å². The van der Waals surface area contributed by atoms with Crippen LogP contribution in [0.4, 0.5) is 34.6 Å². The van der Waals surface area contributed by atoms with Gasteiger partial charge in [-0.05, 0) is 74.0 Å². The van der Waals surface area contributed by atoms with Gasteiger partial charge in [-0.2, -0.15) is 15.1 Å². The maximum atomic E-state index is 6.41. The van der Waals surface area contributed by atoms with Crippen LogP contribution in [0.3, 0.4) is 0 Å². The highest BCUT2D eigenvalue weighted by molar-refractivity contribution is 6.28. The van der Waals surface area contributed by atoms with E-state index in [9.17, 15) is 0 Å². The molecule has 2 N–H and O–H groups in total. The Kier molecular flexibility index (Phi) is 6.64. The van der Waals surface area contributed by atoms with Crippen molar-refractivity contribution in [3.8, 4) is 0 Å². The van der Waals surface area contributed by atoms with E-state index >= 15 is 0 Å². The minimum absolute atomic E-state index is 0.111. The molecule has 0 fully saturated rings. The van der Waals surface area contributed by atoms with Crippen molar-refractivity contribution in [2.75, 3.05) is 29.6 Å². The van der Waals surface area contributed by atoms with Gasteiger partial charge in [-0.25, -0.2) is 9.97 Å². The molecule has 0 amide bonds. The molecule has 0 aliphatic rings. The molecule has 11 heteroatoms. The van der Waals surface area contributed by atoms with Crippen molar-refractivity contribution in [1.82, 2.24) is 29.7 Å². The number of hydrogen-bond donors (Lipinski definition) is 1. The first-order valence-electron chi connectivity index (χ1n) is 11.9. The maximum Gasteiger partial charge on any atom is 0.237 e. The Balaban J connectivity index is 1.59. The highest BCUT2D eigenvalue weighted by Gasteiger charge is 2.20. The van der Waals surface area contributed by atoms with E-state index < -0.39 is 0 Å². The van der Waals surface area contributed by atoms with Crippen molar-refractivity contribution < 1.29 is 0 Å². The van der Waals surface area contributed by atoms with Crippen LogP contribution in [0.15, 0.2) is 65.9 Å². The summed E-state index contributed by atoms with van der Waals surface area (Å²) in [5, 5.41) is 5.75. The topological polar surface area (TPSA) is 114 Å². The second kappa shape index (κ2) is 10.1. The summed E-state index contributed by atoms with van der Waals surface area (Å²) in [5.74, 6) is 1.60. The summed E-state index contributed by atoms with van der Waals surface area (Å²) in [6.07, 6.45) is 3.30. The number of aromatic nitrogens is 6. The molecule has 2 aromatic carbocycles. The lowest BCUT2D eigenvalue weighted by Crippen LogP contribution is -2.18. The normalized spacial score (nSPS) is 11.7. The van der Waals surface area contributed by atoms with Crippen molar-refractivity contribution in [2.45, 2.75) is 13.8 Å². The molecule has 3 heterocycles. The predicted molar refractivity (Wildman–Crippen MR) is 153 cm³/mol. The van der Waals surface area contributed by atoms with E-state index in [0.717, 1.165) is 39.2 Å². The first-order valence-corrected chi connectivity index (χ1v) is 12.3. The van der Waals surface area contributed by atoms with Crippen LogP contribution in [0.2, 0.25) is 5.28 Å². The van der Waals surface area contributed by atoms with E-state index in [1.807, 2.05) is 67.0 Å². The highest BCUT2D eigenvalue weighted by Crippen LogP contribution is 2.35. The molecule has 0 unspecified atom stereocenters. The van der Waals surface area contributed by atoms with Gasteiger partial charge < -0.3 is 10.6 Å². The van der Waals surface area contributed by atoms with Crippen LogP contribution in [0.25, 0.3) is 10.9 Å². The summed E-state index contributed by atoms with van der Waals surface area (Å²) in [6.45, 7) is 3.97. The van der Waals surface area contributed by atoms with Gasteiger partial charge in [0, 0.05) is 67.3 Å². The van der Waals surface area contributed by atoms with Crippen LogP contribution in [0, 0.1) is 6.92 Å². The van der Waals surface area contributed by atoms with Gasteiger partial charge >= 0.3 is 0 Å². The van der Waals surface area contributed by atoms with E-state index in [0.29, 0.717) is 23.3 Å². The minimum Gasteiger partial charge on any atom is -0.398 e. The second-order valence-electron chi connectivity index (χ2n) is 8.78. The fraction of sp³-hybridized carbons (Fsp3) is 0.185. The molecule has 192 valence electrons. The van der Waals surface area contributed by atoms with Gasteiger partial charge in [-0.3, -0.25) is 14.6 Å². The zero-order valence-electron chi connectivity index (χ0n) is 21.8. The Morgan fingerprint density at radius 1 is 0.974 bits per heavy atom. The van der Waals surface area contributed by atoms with E-state index in [4.69, 9.17) is 22.3 Å². The second-order valence-corrected chi connectivity index (χ2v) is 9.12. The summed E-state index contributed by atoms with van der Waals surface area (Å²) in [7, 11) is 5.64. The number of fused-ring (bicyclic) bond motifs is 1.